The Labute approximate surface area is 156 Å². The van der Waals surface area contributed by atoms with E-state index in [-0.39, 0.29) is 24.0 Å². The normalized spacial score (nSPS) is 15.7. The molecule has 1 saturated heterocycles. The molecule has 5 nitrogen and oxygen atoms in total. The largest absolute Gasteiger partial charge is 0.496 e. The second kappa shape index (κ2) is 11.5. The number of hydrogen-bond donors (Lipinski definition) is 2. The van der Waals surface area contributed by atoms with Crippen molar-refractivity contribution in [3.05, 3.63) is 29.8 Å². The Hall–Kier alpha value is -1.02. The molecule has 1 heterocycles. The third-order valence-corrected chi connectivity index (χ3v) is 4.03. The molecule has 0 unspecified atom stereocenters. The lowest BCUT2D eigenvalue weighted by molar-refractivity contribution is 0.232. The van der Waals surface area contributed by atoms with Crippen LogP contribution in [-0.4, -0.2) is 51.2 Å². The van der Waals surface area contributed by atoms with Gasteiger partial charge in [0.2, 0.25) is 0 Å². The summed E-state index contributed by atoms with van der Waals surface area (Å²) in [4.78, 5) is 6.79. The maximum Gasteiger partial charge on any atom is 0.191 e. The molecule has 23 heavy (non-hydrogen) atoms. The van der Waals surface area contributed by atoms with Gasteiger partial charge in [0.25, 0.3) is 0 Å². The Kier molecular flexibility index (Phi) is 10.0. The molecular weight excluding hydrogens is 403 g/mol. The Morgan fingerprint density at radius 3 is 2.61 bits per heavy atom. The zero-order valence-corrected chi connectivity index (χ0v) is 16.5. The zero-order valence-electron chi connectivity index (χ0n) is 14.2. The van der Waals surface area contributed by atoms with E-state index in [1.165, 1.54) is 32.4 Å². The zero-order chi connectivity index (χ0) is 15.6. The second-order valence-electron chi connectivity index (χ2n) is 5.57. The van der Waals surface area contributed by atoms with Crippen LogP contribution in [0.5, 0.6) is 5.75 Å². The van der Waals surface area contributed by atoms with Gasteiger partial charge in [-0.15, -0.1) is 24.0 Å². The van der Waals surface area contributed by atoms with Crippen molar-refractivity contribution >= 4 is 29.9 Å². The Morgan fingerprint density at radius 1 is 1.17 bits per heavy atom. The summed E-state index contributed by atoms with van der Waals surface area (Å²) < 4.78 is 5.36. The van der Waals surface area contributed by atoms with Gasteiger partial charge in [0.15, 0.2) is 5.96 Å². The molecule has 0 saturated carbocycles. The fourth-order valence-electron chi connectivity index (χ4n) is 2.76. The molecule has 0 spiro atoms. The smallest absolute Gasteiger partial charge is 0.191 e. The van der Waals surface area contributed by atoms with Gasteiger partial charge in [0, 0.05) is 32.2 Å². The van der Waals surface area contributed by atoms with Gasteiger partial charge >= 0.3 is 0 Å². The van der Waals surface area contributed by atoms with Crippen LogP contribution in [0, 0.1) is 0 Å². The van der Waals surface area contributed by atoms with Crippen LogP contribution in [0.25, 0.3) is 0 Å². The SMILES string of the molecule is CN=C(NCCN1CCCCC1)NCc1ccccc1OC.I. The number of methoxy groups -OCH3 is 1. The molecule has 1 aliphatic rings. The highest BCUT2D eigenvalue weighted by atomic mass is 127. The van der Waals surface area contributed by atoms with E-state index in [9.17, 15) is 0 Å². The highest BCUT2D eigenvalue weighted by molar-refractivity contribution is 14.0. The standard InChI is InChI=1S/C17H28N4O.HI/c1-18-17(19-10-13-21-11-6-3-7-12-21)20-14-15-8-4-5-9-16(15)22-2;/h4-5,8-9H,3,6-7,10-14H2,1-2H3,(H2,18,19,20);1H. The number of para-hydroxylation sites is 1. The van der Waals surface area contributed by atoms with Crippen molar-refractivity contribution in [3.8, 4) is 5.75 Å². The van der Waals surface area contributed by atoms with Gasteiger partial charge in [0.1, 0.15) is 5.75 Å². The molecule has 1 fully saturated rings. The van der Waals surface area contributed by atoms with Crippen LogP contribution >= 0.6 is 24.0 Å². The first kappa shape index (κ1) is 20.0. The number of ether oxygens (including phenoxy) is 1. The molecule has 0 amide bonds. The summed E-state index contributed by atoms with van der Waals surface area (Å²) in [5, 5.41) is 6.72. The van der Waals surface area contributed by atoms with Crippen molar-refractivity contribution in [3.63, 3.8) is 0 Å². The second-order valence-corrected chi connectivity index (χ2v) is 5.57. The molecule has 2 N–H and O–H groups in total. The lowest BCUT2D eigenvalue weighted by Crippen LogP contribution is -2.42. The van der Waals surface area contributed by atoms with Crippen LogP contribution in [0.1, 0.15) is 24.8 Å². The number of halogens is 1. The predicted octanol–water partition coefficient (Wildman–Crippen LogP) is 2.46. The summed E-state index contributed by atoms with van der Waals surface area (Å²) in [6.07, 6.45) is 4.05. The van der Waals surface area contributed by atoms with E-state index in [0.29, 0.717) is 6.54 Å². The first-order valence-corrected chi connectivity index (χ1v) is 8.12. The highest BCUT2D eigenvalue weighted by Crippen LogP contribution is 2.16. The van der Waals surface area contributed by atoms with Gasteiger partial charge in [-0.3, -0.25) is 4.99 Å². The van der Waals surface area contributed by atoms with Crippen LogP contribution in [0.4, 0.5) is 0 Å². The van der Waals surface area contributed by atoms with Crippen LogP contribution in [0.2, 0.25) is 0 Å². The number of nitrogens with zero attached hydrogens (tertiary/aromatic N) is 2. The van der Waals surface area contributed by atoms with E-state index in [0.717, 1.165) is 30.4 Å². The molecular formula is C17H29IN4O. The molecule has 6 heteroatoms. The van der Waals surface area contributed by atoms with E-state index in [4.69, 9.17) is 4.74 Å². The summed E-state index contributed by atoms with van der Waals surface area (Å²) in [6.45, 7) is 5.16. The molecule has 0 aliphatic carbocycles. The third kappa shape index (κ3) is 6.95. The average molecular weight is 432 g/mol. The molecule has 1 aromatic carbocycles. The summed E-state index contributed by atoms with van der Waals surface area (Å²) in [6, 6.07) is 8.04. The van der Waals surface area contributed by atoms with Crippen molar-refractivity contribution in [1.29, 1.82) is 0 Å². The number of nitrogens with one attached hydrogen (secondary N) is 2. The summed E-state index contributed by atoms with van der Waals surface area (Å²) in [5.41, 5.74) is 1.13. The fraction of sp³-hybridized carbons (Fsp3) is 0.588. The van der Waals surface area contributed by atoms with Crippen LogP contribution < -0.4 is 15.4 Å². The van der Waals surface area contributed by atoms with Gasteiger partial charge < -0.3 is 20.3 Å². The average Bonchev–Trinajstić information content (AvgIpc) is 2.59. The van der Waals surface area contributed by atoms with Gasteiger partial charge in [-0.2, -0.15) is 0 Å². The maximum absolute atomic E-state index is 5.36. The Morgan fingerprint density at radius 2 is 1.91 bits per heavy atom. The maximum atomic E-state index is 5.36. The number of benzene rings is 1. The van der Waals surface area contributed by atoms with Crippen molar-refractivity contribution in [2.75, 3.05) is 40.3 Å². The number of likely N-dealkylation sites (tertiary alicyclic amines) is 1. The number of piperidine rings is 1. The summed E-state index contributed by atoms with van der Waals surface area (Å²) >= 11 is 0. The number of rotatable bonds is 6. The number of aliphatic imine (C=N–C) groups is 1. The van der Waals surface area contributed by atoms with Crippen molar-refractivity contribution in [2.45, 2.75) is 25.8 Å². The van der Waals surface area contributed by atoms with Crippen molar-refractivity contribution in [1.82, 2.24) is 15.5 Å². The highest BCUT2D eigenvalue weighted by Gasteiger charge is 2.09. The molecule has 0 atom stereocenters. The quantitative estimate of drug-likeness (QED) is 0.412. The van der Waals surface area contributed by atoms with Gasteiger partial charge in [-0.1, -0.05) is 24.6 Å². The van der Waals surface area contributed by atoms with Crippen molar-refractivity contribution < 1.29 is 4.74 Å². The topological polar surface area (TPSA) is 48.9 Å². The lowest BCUT2D eigenvalue weighted by atomic mass is 10.1. The Balaban J connectivity index is 0.00000264. The molecule has 130 valence electrons. The predicted molar refractivity (Wildman–Crippen MR) is 107 cm³/mol. The molecule has 1 aromatic rings. The first-order valence-electron chi connectivity index (χ1n) is 8.12. The molecule has 2 rings (SSSR count). The Bertz CT molecular complexity index is 475. The molecule has 0 radical (unpaired) electrons. The van der Waals surface area contributed by atoms with Gasteiger partial charge in [-0.05, 0) is 32.0 Å². The monoisotopic (exact) mass is 432 g/mol. The summed E-state index contributed by atoms with van der Waals surface area (Å²) in [5.74, 6) is 1.74. The van der Waals surface area contributed by atoms with E-state index < -0.39 is 0 Å². The van der Waals surface area contributed by atoms with Gasteiger partial charge in [-0.25, -0.2) is 0 Å². The van der Waals surface area contributed by atoms with Crippen molar-refractivity contribution in [2.24, 2.45) is 4.99 Å². The van der Waals surface area contributed by atoms with Gasteiger partial charge in [0.05, 0.1) is 7.11 Å². The summed E-state index contributed by atoms with van der Waals surface area (Å²) in [7, 11) is 3.50. The minimum absolute atomic E-state index is 0. The van der Waals surface area contributed by atoms with E-state index in [1.54, 1.807) is 14.2 Å². The number of hydrogen-bond acceptors (Lipinski definition) is 3. The minimum Gasteiger partial charge on any atom is -0.496 e. The van der Waals surface area contributed by atoms with Crippen LogP contribution in [0.15, 0.2) is 29.3 Å². The number of guanidine groups is 1. The molecule has 1 aliphatic heterocycles. The van der Waals surface area contributed by atoms with E-state index >= 15 is 0 Å². The minimum atomic E-state index is 0. The first-order chi connectivity index (χ1) is 10.8. The van der Waals surface area contributed by atoms with E-state index in [1.807, 2.05) is 18.2 Å². The third-order valence-electron chi connectivity index (χ3n) is 4.03. The van der Waals surface area contributed by atoms with Crippen LogP contribution in [0.3, 0.4) is 0 Å². The fourth-order valence-corrected chi connectivity index (χ4v) is 2.76. The van der Waals surface area contributed by atoms with E-state index in [2.05, 4.69) is 26.6 Å². The lowest BCUT2D eigenvalue weighted by Gasteiger charge is -2.26. The molecule has 0 aromatic heterocycles. The van der Waals surface area contributed by atoms with Crippen LogP contribution in [-0.2, 0) is 6.54 Å². The molecule has 0 bridgehead atoms.